The molecule has 1 atom stereocenters. The number of sulfonamides is 1. The molecule has 22 heavy (non-hydrogen) atoms. The lowest BCUT2D eigenvalue weighted by molar-refractivity contribution is 0.187. The third kappa shape index (κ3) is 5.50. The van der Waals surface area contributed by atoms with E-state index in [-0.39, 0.29) is 5.56 Å². The summed E-state index contributed by atoms with van der Waals surface area (Å²) in [7, 11) is -3.56. The molecule has 1 aliphatic heterocycles. The summed E-state index contributed by atoms with van der Waals surface area (Å²) < 4.78 is 40.2. The number of nitrogens with one attached hydrogen (secondary N) is 1. The summed E-state index contributed by atoms with van der Waals surface area (Å²) in [6, 6.07) is 3.93. The molecule has 1 heterocycles. The molecule has 1 unspecified atom stereocenters. The third-order valence-corrected chi connectivity index (χ3v) is 5.41. The minimum Gasteiger partial charge on any atom is -0.302 e. The zero-order chi connectivity index (χ0) is 16.2. The molecule has 1 fully saturated rings. The van der Waals surface area contributed by atoms with Crippen LogP contribution in [0.2, 0.25) is 5.02 Å². The van der Waals surface area contributed by atoms with Gasteiger partial charge in [-0.15, -0.1) is 0 Å². The number of rotatable bonds is 6. The Morgan fingerprint density at radius 1 is 1.45 bits per heavy atom. The molecule has 1 saturated heterocycles. The Hall–Kier alpha value is -0.690. The Labute approximate surface area is 136 Å². The maximum absolute atomic E-state index is 13.6. The first kappa shape index (κ1) is 17.7. The van der Waals surface area contributed by atoms with Crippen molar-refractivity contribution in [2.75, 3.05) is 26.2 Å². The van der Waals surface area contributed by atoms with Crippen LogP contribution in [0.5, 0.6) is 0 Å². The molecular weight excluding hydrogens is 327 g/mol. The van der Waals surface area contributed by atoms with E-state index in [1.807, 2.05) is 0 Å². The monoisotopic (exact) mass is 348 g/mol. The highest BCUT2D eigenvalue weighted by Gasteiger charge is 2.18. The molecule has 0 bridgehead atoms. The zero-order valence-electron chi connectivity index (χ0n) is 12.7. The summed E-state index contributed by atoms with van der Waals surface area (Å²) in [5.41, 5.74) is 0.0894. The van der Waals surface area contributed by atoms with Crippen LogP contribution in [0.1, 0.15) is 25.3 Å². The number of hydrogen-bond acceptors (Lipinski definition) is 3. The van der Waals surface area contributed by atoms with Crippen LogP contribution in [0.25, 0.3) is 0 Å². The van der Waals surface area contributed by atoms with Gasteiger partial charge in [0.2, 0.25) is 10.0 Å². The molecule has 2 rings (SSSR count). The fourth-order valence-corrected chi connectivity index (χ4v) is 4.09. The van der Waals surface area contributed by atoms with Crippen molar-refractivity contribution in [2.45, 2.75) is 25.5 Å². The van der Waals surface area contributed by atoms with Crippen molar-refractivity contribution in [1.82, 2.24) is 9.62 Å². The summed E-state index contributed by atoms with van der Waals surface area (Å²) in [6.07, 6.45) is 2.39. The molecule has 7 heteroatoms. The van der Waals surface area contributed by atoms with Gasteiger partial charge in [-0.25, -0.2) is 17.5 Å². The van der Waals surface area contributed by atoms with E-state index in [0.717, 1.165) is 19.5 Å². The first-order valence-corrected chi connectivity index (χ1v) is 9.52. The van der Waals surface area contributed by atoms with Crippen molar-refractivity contribution in [3.8, 4) is 0 Å². The van der Waals surface area contributed by atoms with Crippen LogP contribution in [0.4, 0.5) is 4.39 Å². The molecule has 0 aromatic heterocycles. The molecule has 0 amide bonds. The van der Waals surface area contributed by atoms with Crippen LogP contribution in [-0.2, 0) is 15.8 Å². The lowest BCUT2D eigenvalue weighted by atomic mass is 10.0. The Morgan fingerprint density at radius 2 is 2.23 bits per heavy atom. The number of hydrogen-bond donors (Lipinski definition) is 1. The second kappa shape index (κ2) is 7.73. The number of benzene rings is 1. The fourth-order valence-electron chi connectivity index (χ4n) is 2.76. The highest BCUT2D eigenvalue weighted by Crippen LogP contribution is 2.17. The van der Waals surface area contributed by atoms with E-state index in [0.29, 0.717) is 24.0 Å². The molecule has 0 radical (unpaired) electrons. The summed E-state index contributed by atoms with van der Waals surface area (Å²) in [5.74, 6) is -0.291. The second-order valence-corrected chi connectivity index (χ2v) is 8.18. The predicted molar refractivity (Wildman–Crippen MR) is 86.9 cm³/mol. The topological polar surface area (TPSA) is 49.4 Å². The SMILES string of the molecule is CC1CCCN(CCNS(=O)(=O)Cc2cc(Cl)ccc2F)C1. The number of halogens is 2. The Kier molecular flexibility index (Phi) is 6.20. The maximum Gasteiger partial charge on any atom is 0.215 e. The highest BCUT2D eigenvalue weighted by atomic mass is 35.5. The molecular formula is C15H22ClFN2O2S. The predicted octanol–water partition coefficient (Wildman–Crippen LogP) is 2.63. The van der Waals surface area contributed by atoms with E-state index in [9.17, 15) is 12.8 Å². The molecule has 124 valence electrons. The summed E-state index contributed by atoms with van der Waals surface area (Å²) in [5, 5.41) is 0.328. The molecule has 0 aliphatic carbocycles. The van der Waals surface area contributed by atoms with E-state index < -0.39 is 21.6 Å². The standard InChI is InChI=1S/C15H22ClFN2O2S/c1-12-3-2-7-19(10-12)8-6-18-22(20,21)11-13-9-14(16)4-5-15(13)17/h4-5,9,12,18H,2-3,6-8,10-11H2,1H3. The van der Waals surface area contributed by atoms with E-state index >= 15 is 0 Å². The minimum absolute atomic E-state index is 0.0894. The maximum atomic E-state index is 13.6. The van der Waals surface area contributed by atoms with Crippen molar-refractivity contribution >= 4 is 21.6 Å². The van der Waals surface area contributed by atoms with Crippen LogP contribution >= 0.6 is 11.6 Å². The van der Waals surface area contributed by atoms with Crippen molar-refractivity contribution in [2.24, 2.45) is 5.92 Å². The van der Waals surface area contributed by atoms with Gasteiger partial charge in [0.05, 0.1) is 5.75 Å². The van der Waals surface area contributed by atoms with Crippen LogP contribution in [-0.4, -0.2) is 39.5 Å². The van der Waals surface area contributed by atoms with Gasteiger partial charge in [-0.1, -0.05) is 18.5 Å². The average Bonchev–Trinajstić information content (AvgIpc) is 2.42. The Balaban J connectivity index is 1.84. The van der Waals surface area contributed by atoms with E-state index in [2.05, 4.69) is 16.5 Å². The van der Waals surface area contributed by atoms with E-state index in [4.69, 9.17) is 11.6 Å². The molecule has 1 N–H and O–H groups in total. The van der Waals surface area contributed by atoms with Crippen molar-refractivity contribution in [3.63, 3.8) is 0 Å². The van der Waals surface area contributed by atoms with Gasteiger partial charge >= 0.3 is 0 Å². The average molecular weight is 349 g/mol. The smallest absolute Gasteiger partial charge is 0.215 e. The number of nitrogens with zero attached hydrogens (tertiary/aromatic N) is 1. The second-order valence-electron chi connectivity index (χ2n) is 5.94. The third-order valence-electron chi connectivity index (χ3n) is 3.84. The normalized spacial score (nSPS) is 20.2. The van der Waals surface area contributed by atoms with Gasteiger partial charge in [0.15, 0.2) is 0 Å². The van der Waals surface area contributed by atoms with Crippen LogP contribution in [0.15, 0.2) is 18.2 Å². The summed E-state index contributed by atoms with van der Waals surface area (Å²) in [4.78, 5) is 2.26. The molecule has 1 aliphatic rings. The number of piperidine rings is 1. The van der Waals surface area contributed by atoms with Gasteiger partial charge in [-0.3, -0.25) is 0 Å². The Morgan fingerprint density at radius 3 is 2.95 bits per heavy atom. The van der Waals surface area contributed by atoms with Gasteiger partial charge in [0.25, 0.3) is 0 Å². The fraction of sp³-hybridized carbons (Fsp3) is 0.600. The molecule has 0 saturated carbocycles. The molecule has 4 nitrogen and oxygen atoms in total. The van der Waals surface area contributed by atoms with Gasteiger partial charge < -0.3 is 4.90 Å². The minimum atomic E-state index is -3.56. The van der Waals surface area contributed by atoms with Crippen LogP contribution in [0.3, 0.4) is 0 Å². The summed E-state index contributed by atoms with van der Waals surface area (Å²) in [6.45, 7) is 5.25. The van der Waals surface area contributed by atoms with Crippen LogP contribution in [0, 0.1) is 11.7 Å². The van der Waals surface area contributed by atoms with Crippen molar-refractivity contribution in [3.05, 3.63) is 34.6 Å². The largest absolute Gasteiger partial charge is 0.302 e. The number of likely N-dealkylation sites (tertiary alicyclic amines) is 1. The van der Waals surface area contributed by atoms with E-state index in [1.165, 1.54) is 24.6 Å². The molecule has 1 aromatic rings. The first-order valence-electron chi connectivity index (χ1n) is 7.49. The zero-order valence-corrected chi connectivity index (χ0v) is 14.3. The van der Waals surface area contributed by atoms with Gasteiger partial charge in [-0.05, 0) is 43.5 Å². The summed E-state index contributed by atoms with van der Waals surface area (Å²) >= 11 is 5.78. The highest BCUT2D eigenvalue weighted by molar-refractivity contribution is 7.88. The van der Waals surface area contributed by atoms with Crippen LogP contribution < -0.4 is 4.72 Å². The van der Waals surface area contributed by atoms with Crippen molar-refractivity contribution < 1.29 is 12.8 Å². The van der Waals surface area contributed by atoms with Gasteiger partial charge in [0, 0.05) is 30.2 Å². The molecule has 0 spiro atoms. The lowest BCUT2D eigenvalue weighted by Gasteiger charge is -2.30. The van der Waals surface area contributed by atoms with Gasteiger partial charge in [0.1, 0.15) is 5.82 Å². The lowest BCUT2D eigenvalue weighted by Crippen LogP contribution is -2.40. The first-order chi connectivity index (χ1) is 10.4. The Bertz CT molecular complexity index is 610. The van der Waals surface area contributed by atoms with Crippen molar-refractivity contribution in [1.29, 1.82) is 0 Å². The molecule has 1 aromatic carbocycles. The van der Waals surface area contributed by atoms with E-state index in [1.54, 1.807) is 0 Å². The van der Waals surface area contributed by atoms with Gasteiger partial charge in [-0.2, -0.15) is 0 Å². The quantitative estimate of drug-likeness (QED) is 0.859.